The summed E-state index contributed by atoms with van der Waals surface area (Å²) in [5, 5.41) is 3.54. The smallest absolute Gasteiger partial charge is 0.410 e. The lowest BCUT2D eigenvalue weighted by atomic mass is 10.0. The number of ether oxygens (including phenoxy) is 3. The molecule has 1 rings (SSSR count). The van der Waals surface area contributed by atoms with Crippen molar-refractivity contribution < 1.29 is 19.0 Å². The second kappa shape index (κ2) is 10.1. The molecule has 0 saturated carbocycles. The Balaban J connectivity index is 2.39. The van der Waals surface area contributed by atoms with E-state index in [0.29, 0.717) is 31.8 Å². The van der Waals surface area contributed by atoms with Crippen molar-refractivity contribution in [2.45, 2.75) is 64.7 Å². The highest BCUT2D eigenvalue weighted by molar-refractivity contribution is 5.68. The molecule has 136 valence electrons. The van der Waals surface area contributed by atoms with E-state index < -0.39 is 5.60 Å². The van der Waals surface area contributed by atoms with Crippen molar-refractivity contribution >= 4 is 6.09 Å². The summed E-state index contributed by atoms with van der Waals surface area (Å²) < 4.78 is 16.2. The SMILES string of the molecule is CCC1CC(NCCN(CCOC)C(=O)OC(C)(C)C)CCO1. The summed E-state index contributed by atoms with van der Waals surface area (Å²) in [6.45, 7) is 11.0. The van der Waals surface area contributed by atoms with Gasteiger partial charge >= 0.3 is 6.09 Å². The molecule has 2 atom stereocenters. The van der Waals surface area contributed by atoms with Crippen molar-refractivity contribution in [2.24, 2.45) is 0 Å². The van der Waals surface area contributed by atoms with Gasteiger partial charge in [0, 0.05) is 39.4 Å². The second-order valence-corrected chi connectivity index (χ2v) is 7.04. The first kappa shape index (κ1) is 20.2. The number of carbonyl (C=O) groups is 1. The van der Waals surface area contributed by atoms with E-state index in [1.165, 1.54) is 0 Å². The molecule has 23 heavy (non-hydrogen) atoms. The normalized spacial score (nSPS) is 22.0. The molecule has 0 aliphatic carbocycles. The van der Waals surface area contributed by atoms with Crippen LogP contribution in [0, 0.1) is 0 Å². The van der Waals surface area contributed by atoms with Crippen LogP contribution in [0.2, 0.25) is 0 Å². The van der Waals surface area contributed by atoms with Crippen LogP contribution < -0.4 is 5.32 Å². The van der Waals surface area contributed by atoms with E-state index in [2.05, 4.69) is 12.2 Å². The molecule has 1 saturated heterocycles. The Hall–Kier alpha value is -0.850. The Morgan fingerprint density at radius 1 is 1.35 bits per heavy atom. The van der Waals surface area contributed by atoms with Gasteiger partial charge in [-0.1, -0.05) is 6.92 Å². The summed E-state index contributed by atoms with van der Waals surface area (Å²) in [6, 6.07) is 0.469. The van der Waals surface area contributed by atoms with Crippen LogP contribution in [0.1, 0.15) is 47.0 Å². The molecule has 0 aromatic heterocycles. The molecule has 1 aliphatic heterocycles. The summed E-state index contributed by atoms with van der Waals surface area (Å²) in [5.74, 6) is 0. The lowest BCUT2D eigenvalue weighted by molar-refractivity contribution is -0.00140. The molecule has 1 amide bonds. The van der Waals surface area contributed by atoms with Gasteiger partial charge in [-0.2, -0.15) is 0 Å². The van der Waals surface area contributed by atoms with Gasteiger partial charge in [0.15, 0.2) is 0 Å². The third-order valence-electron chi connectivity index (χ3n) is 3.85. The molecule has 0 aromatic carbocycles. The monoisotopic (exact) mass is 330 g/mol. The zero-order chi connectivity index (χ0) is 17.3. The van der Waals surface area contributed by atoms with Gasteiger partial charge < -0.3 is 24.4 Å². The second-order valence-electron chi connectivity index (χ2n) is 7.04. The third-order valence-corrected chi connectivity index (χ3v) is 3.85. The average Bonchev–Trinajstić information content (AvgIpc) is 2.49. The van der Waals surface area contributed by atoms with Crippen LogP contribution in [0.5, 0.6) is 0 Å². The van der Waals surface area contributed by atoms with Gasteiger partial charge in [-0.25, -0.2) is 4.79 Å². The maximum absolute atomic E-state index is 12.2. The lowest BCUT2D eigenvalue weighted by Gasteiger charge is -2.31. The van der Waals surface area contributed by atoms with Gasteiger partial charge in [0.2, 0.25) is 0 Å². The zero-order valence-electron chi connectivity index (χ0n) is 15.4. The van der Waals surface area contributed by atoms with Crippen LogP contribution in [-0.2, 0) is 14.2 Å². The fraction of sp³-hybridized carbons (Fsp3) is 0.941. The van der Waals surface area contributed by atoms with Gasteiger partial charge in [0.05, 0.1) is 12.7 Å². The Morgan fingerprint density at radius 2 is 2.09 bits per heavy atom. The maximum atomic E-state index is 12.2. The van der Waals surface area contributed by atoms with Crippen LogP contribution in [0.15, 0.2) is 0 Å². The predicted octanol–water partition coefficient (Wildman–Crippen LogP) is 2.42. The van der Waals surface area contributed by atoms with Crippen LogP contribution in [0.3, 0.4) is 0 Å². The van der Waals surface area contributed by atoms with E-state index in [1.54, 1.807) is 12.0 Å². The molecule has 6 nitrogen and oxygen atoms in total. The molecule has 1 fully saturated rings. The number of rotatable bonds is 8. The van der Waals surface area contributed by atoms with E-state index >= 15 is 0 Å². The fourth-order valence-corrected chi connectivity index (χ4v) is 2.58. The summed E-state index contributed by atoms with van der Waals surface area (Å²) in [4.78, 5) is 14.0. The molecule has 0 bridgehead atoms. The quantitative estimate of drug-likeness (QED) is 0.740. The molecule has 1 heterocycles. The van der Waals surface area contributed by atoms with Crippen molar-refractivity contribution in [3.8, 4) is 0 Å². The van der Waals surface area contributed by atoms with Crippen LogP contribution >= 0.6 is 0 Å². The van der Waals surface area contributed by atoms with Gasteiger partial charge in [-0.05, 0) is 40.0 Å². The minimum Gasteiger partial charge on any atom is -0.444 e. The first-order chi connectivity index (χ1) is 10.9. The molecule has 1 N–H and O–H groups in total. The first-order valence-corrected chi connectivity index (χ1v) is 8.67. The van der Waals surface area contributed by atoms with Crippen LogP contribution in [-0.4, -0.2) is 68.7 Å². The van der Waals surface area contributed by atoms with Crippen molar-refractivity contribution in [1.29, 1.82) is 0 Å². The molecular formula is C17H34N2O4. The van der Waals surface area contributed by atoms with Gasteiger partial charge in [-0.15, -0.1) is 0 Å². The Bertz CT molecular complexity index is 344. The standard InChI is InChI=1S/C17H34N2O4/c1-6-15-13-14(7-11-22-15)18-8-9-19(10-12-21-5)16(20)23-17(2,3)4/h14-15,18H,6-13H2,1-5H3. The van der Waals surface area contributed by atoms with E-state index in [-0.39, 0.29) is 6.09 Å². The lowest BCUT2D eigenvalue weighted by Crippen LogP contribution is -2.45. The topological polar surface area (TPSA) is 60.0 Å². The van der Waals surface area contributed by atoms with E-state index in [4.69, 9.17) is 14.2 Å². The van der Waals surface area contributed by atoms with Crippen molar-refractivity contribution in [3.63, 3.8) is 0 Å². The Morgan fingerprint density at radius 3 is 2.70 bits per heavy atom. The first-order valence-electron chi connectivity index (χ1n) is 8.67. The summed E-state index contributed by atoms with van der Waals surface area (Å²) in [6.07, 6.45) is 3.20. The molecule has 2 unspecified atom stereocenters. The number of hydrogen-bond acceptors (Lipinski definition) is 5. The Kier molecular flexibility index (Phi) is 8.87. The number of nitrogens with zero attached hydrogens (tertiary/aromatic N) is 1. The molecule has 6 heteroatoms. The number of amides is 1. The van der Waals surface area contributed by atoms with Crippen molar-refractivity contribution in [1.82, 2.24) is 10.2 Å². The average molecular weight is 330 g/mol. The largest absolute Gasteiger partial charge is 0.444 e. The molecule has 1 aliphatic rings. The van der Waals surface area contributed by atoms with E-state index in [1.807, 2.05) is 20.8 Å². The van der Waals surface area contributed by atoms with E-state index in [9.17, 15) is 4.79 Å². The Labute approximate surface area is 140 Å². The summed E-state index contributed by atoms with van der Waals surface area (Å²) in [7, 11) is 1.64. The zero-order valence-corrected chi connectivity index (χ0v) is 15.4. The molecule has 0 spiro atoms. The highest BCUT2D eigenvalue weighted by Crippen LogP contribution is 2.16. The molecule has 0 aromatic rings. The number of carbonyl (C=O) groups excluding carboxylic acids is 1. The molecule has 0 radical (unpaired) electrons. The number of methoxy groups -OCH3 is 1. The number of nitrogens with one attached hydrogen (secondary N) is 1. The minimum atomic E-state index is -0.481. The fourth-order valence-electron chi connectivity index (χ4n) is 2.58. The third kappa shape index (κ3) is 8.53. The van der Waals surface area contributed by atoms with Crippen molar-refractivity contribution in [2.75, 3.05) is 40.0 Å². The molecular weight excluding hydrogens is 296 g/mol. The number of hydrogen-bond donors (Lipinski definition) is 1. The van der Waals surface area contributed by atoms with Gasteiger partial charge in [0.25, 0.3) is 0 Å². The van der Waals surface area contributed by atoms with E-state index in [0.717, 1.165) is 32.4 Å². The summed E-state index contributed by atoms with van der Waals surface area (Å²) >= 11 is 0. The highest BCUT2D eigenvalue weighted by Gasteiger charge is 2.23. The maximum Gasteiger partial charge on any atom is 0.410 e. The highest BCUT2D eigenvalue weighted by atomic mass is 16.6. The van der Waals surface area contributed by atoms with Gasteiger partial charge in [0.1, 0.15) is 5.60 Å². The van der Waals surface area contributed by atoms with Crippen LogP contribution in [0.25, 0.3) is 0 Å². The van der Waals surface area contributed by atoms with Crippen molar-refractivity contribution in [3.05, 3.63) is 0 Å². The minimum absolute atomic E-state index is 0.283. The van der Waals surface area contributed by atoms with Gasteiger partial charge in [-0.3, -0.25) is 0 Å². The summed E-state index contributed by atoms with van der Waals surface area (Å²) in [5.41, 5.74) is -0.481. The predicted molar refractivity (Wildman–Crippen MR) is 90.7 cm³/mol. The van der Waals surface area contributed by atoms with Crippen LogP contribution in [0.4, 0.5) is 4.79 Å².